The van der Waals surface area contributed by atoms with Crippen molar-refractivity contribution >= 4 is 50.7 Å². The largest absolute Gasteiger partial charge is 0.489 e. The fourth-order valence-electron chi connectivity index (χ4n) is 3.77. The molecule has 0 spiro atoms. The van der Waals surface area contributed by atoms with Crippen molar-refractivity contribution < 1.29 is 22.7 Å². The van der Waals surface area contributed by atoms with E-state index in [9.17, 15) is 18.0 Å². The van der Waals surface area contributed by atoms with Crippen molar-refractivity contribution in [1.82, 2.24) is 9.03 Å². The van der Waals surface area contributed by atoms with Crippen LogP contribution in [0, 0.1) is 6.92 Å². The van der Waals surface area contributed by atoms with Crippen LogP contribution >= 0.6 is 11.8 Å². The highest BCUT2D eigenvalue weighted by molar-refractivity contribution is 8.18. The fourth-order valence-corrected chi connectivity index (χ4v) is 5.69. The number of aryl methyl sites for hydroxylation is 1. The number of carbonyl (C=O) groups is 2. The van der Waals surface area contributed by atoms with Crippen LogP contribution in [0.1, 0.15) is 22.3 Å². The van der Waals surface area contributed by atoms with Crippen molar-refractivity contribution in [3.8, 4) is 5.75 Å². The van der Waals surface area contributed by atoms with Gasteiger partial charge in [-0.1, -0.05) is 54.1 Å². The van der Waals surface area contributed by atoms with E-state index >= 15 is 0 Å². The number of aliphatic imine (C=N–C) groups is 1. The van der Waals surface area contributed by atoms with Gasteiger partial charge in [0.2, 0.25) is 5.91 Å². The van der Waals surface area contributed by atoms with Crippen LogP contribution in [0.25, 0.3) is 6.08 Å². The topological polar surface area (TPSA) is 117 Å². The van der Waals surface area contributed by atoms with E-state index in [4.69, 9.17) is 4.74 Å². The summed E-state index contributed by atoms with van der Waals surface area (Å²) in [5.41, 5.74) is 4.57. The Bertz CT molecular complexity index is 1530. The van der Waals surface area contributed by atoms with Crippen LogP contribution in [-0.4, -0.2) is 36.2 Å². The molecule has 5 rings (SSSR count). The van der Waals surface area contributed by atoms with Crippen LogP contribution in [0.4, 0.5) is 5.69 Å². The Morgan fingerprint density at radius 1 is 1.00 bits per heavy atom. The fraction of sp³-hybridized carbons (Fsp3) is 0.148. The summed E-state index contributed by atoms with van der Waals surface area (Å²) in [6, 6.07) is 22.7. The second-order valence-corrected chi connectivity index (χ2v) is 11.5. The number of amides is 2. The first-order valence-corrected chi connectivity index (χ1v) is 14.0. The summed E-state index contributed by atoms with van der Waals surface area (Å²) in [6.07, 6.45) is 1.78. The number of nitrogens with one attached hydrogen (secondary N) is 2. The number of ether oxygens (including phenoxy) is 1. The first-order chi connectivity index (χ1) is 18.2. The zero-order valence-electron chi connectivity index (χ0n) is 20.4. The molecule has 2 aliphatic heterocycles. The van der Waals surface area contributed by atoms with Gasteiger partial charge in [-0.05, 0) is 65.7 Å². The molecular formula is C27H24N4O5S2. The number of benzene rings is 3. The number of rotatable bonds is 7. The molecular weight excluding hydrogens is 524 g/mol. The molecule has 3 aromatic rings. The van der Waals surface area contributed by atoms with Crippen molar-refractivity contribution in [2.75, 3.05) is 11.9 Å². The zero-order chi connectivity index (χ0) is 26.7. The number of thioether (sulfide) groups is 1. The van der Waals surface area contributed by atoms with E-state index in [2.05, 4.69) is 22.4 Å². The molecule has 0 unspecified atom stereocenters. The Morgan fingerprint density at radius 3 is 2.34 bits per heavy atom. The minimum atomic E-state index is -3.77. The Morgan fingerprint density at radius 2 is 1.68 bits per heavy atom. The van der Waals surface area contributed by atoms with Crippen LogP contribution in [0.3, 0.4) is 0 Å². The van der Waals surface area contributed by atoms with Gasteiger partial charge in [0, 0.05) is 12.2 Å². The highest BCUT2D eigenvalue weighted by atomic mass is 32.2. The lowest BCUT2D eigenvalue weighted by atomic mass is 10.1. The average molecular weight is 549 g/mol. The third kappa shape index (κ3) is 6.31. The molecule has 0 aromatic heterocycles. The van der Waals surface area contributed by atoms with Gasteiger partial charge in [-0.3, -0.25) is 9.59 Å². The zero-order valence-corrected chi connectivity index (χ0v) is 22.0. The molecule has 1 fully saturated rings. The van der Waals surface area contributed by atoms with Gasteiger partial charge >= 0.3 is 10.2 Å². The van der Waals surface area contributed by atoms with Crippen molar-refractivity contribution in [3.05, 3.63) is 100.0 Å². The van der Waals surface area contributed by atoms with Crippen LogP contribution in [0.15, 0.2) is 82.7 Å². The van der Waals surface area contributed by atoms with E-state index in [1.807, 2.05) is 48.0 Å². The van der Waals surface area contributed by atoms with E-state index in [1.165, 1.54) is 17.3 Å². The number of carbonyl (C=O) groups excluding carboxylic acids is 2. The number of amidine groups is 1. The van der Waals surface area contributed by atoms with E-state index in [0.29, 0.717) is 22.4 Å². The third-order valence-electron chi connectivity index (χ3n) is 5.79. The van der Waals surface area contributed by atoms with Crippen LogP contribution < -0.4 is 14.8 Å². The smallest absolute Gasteiger partial charge is 0.304 e. The van der Waals surface area contributed by atoms with Crippen LogP contribution in [0.5, 0.6) is 5.75 Å². The van der Waals surface area contributed by atoms with E-state index in [-0.39, 0.29) is 19.0 Å². The van der Waals surface area contributed by atoms with Gasteiger partial charge in [0.05, 0.1) is 11.4 Å². The van der Waals surface area contributed by atoms with Gasteiger partial charge in [-0.2, -0.15) is 17.7 Å². The maximum absolute atomic E-state index is 12.4. The van der Waals surface area contributed by atoms with Gasteiger partial charge in [0.25, 0.3) is 5.91 Å². The monoisotopic (exact) mass is 548 g/mol. The van der Waals surface area contributed by atoms with Gasteiger partial charge in [-0.15, -0.1) is 0 Å². The minimum Gasteiger partial charge on any atom is -0.489 e. The molecule has 2 N–H and O–H groups in total. The van der Waals surface area contributed by atoms with E-state index in [0.717, 1.165) is 26.7 Å². The quantitative estimate of drug-likeness (QED) is 0.431. The Hall–Kier alpha value is -3.93. The Balaban J connectivity index is 1.15. The summed E-state index contributed by atoms with van der Waals surface area (Å²) in [5, 5.41) is 3.56. The summed E-state index contributed by atoms with van der Waals surface area (Å²) in [6.45, 7) is 2.41. The molecule has 194 valence electrons. The van der Waals surface area contributed by atoms with Crippen LogP contribution in [-0.2, 0) is 33.0 Å². The summed E-state index contributed by atoms with van der Waals surface area (Å²) in [7, 11) is -3.77. The molecule has 0 radical (unpaired) electrons. The molecule has 1 saturated heterocycles. The van der Waals surface area contributed by atoms with Gasteiger partial charge < -0.3 is 10.1 Å². The van der Waals surface area contributed by atoms with Crippen LogP contribution in [0.2, 0.25) is 0 Å². The standard InChI is InChI=1S/C27H24N4O5S2/c1-18-2-4-21(5-3-18)17-36-23-12-8-19(9-13-23)14-24-26(33)29-27(37-24)28-22-10-6-20(7-11-22)15-31-16-25(32)30-38(31,34)35/h2-14H,15-17H2,1H3,(H,30,32)(H,28,29,33). The molecule has 2 amide bonds. The Kier molecular flexibility index (Phi) is 7.32. The molecule has 0 bridgehead atoms. The number of nitrogens with zero attached hydrogens (tertiary/aromatic N) is 2. The molecule has 0 aliphatic carbocycles. The predicted octanol–water partition coefficient (Wildman–Crippen LogP) is 3.83. The first kappa shape index (κ1) is 25.7. The van der Waals surface area contributed by atoms with Gasteiger partial charge in [0.1, 0.15) is 12.4 Å². The number of hydrogen-bond acceptors (Lipinski definition) is 7. The van der Waals surface area contributed by atoms with Gasteiger partial charge in [-0.25, -0.2) is 4.72 Å². The normalized spacial score (nSPS) is 17.9. The SMILES string of the molecule is Cc1ccc(COc2ccc(C=C3SC(Nc4ccc(CN5CC(=O)NS5(=O)=O)cc4)=NC3=O)cc2)cc1. The second kappa shape index (κ2) is 10.8. The molecule has 11 heteroatoms. The maximum Gasteiger partial charge on any atom is 0.304 e. The van der Waals surface area contributed by atoms with E-state index in [1.54, 1.807) is 30.3 Å². The minimum absolute atomic E-state index is 0.0816. The van der Waals surface area contributed by atoms with Gasteiger partial charge in [0.15, 0.2) is 5.17 Å². The molecule has 38 heavy (non-hydrogen) atoms. The average Bonchev–Trinajstić information content (AvgIpc) is 3.36. The molecule has 0 atom stereocenters. The lowest BCUT2D eigenvalue weighted by Crippen LogP contribution is -2.29. The molecule has 3 aromatic carbocycles. The summed E-state index contributed by atoms with van der Waals surface area (Å²) < 4.78 is 32.7. The summed E-state index contributed by atoms with van der Waals surface area (Å²) >= 11 is 1.24. The van der Waals surface area contributed by atoms with Crippen molar-refractivity contribution in [3.63, 3.8) is 0 Å². The lowest BCUT2D eigenvalue weighted by Gasteiger charge is -2.12. The highest BCUT2D eigenvalue weighted by Gasteiger charge is 2.33. The molecule has 0 saturated carbocycles. The van der Waals surface area contributed by atoms with Crippen molar-refractivity contribution in [1.29, 1.82) is 0 Å². The number of hydrogen-bond donors (Lipinski definition) is 2. The van der Waals surface area contributed by atoms with Crippen molar-refractivity contribution in [2.24, 2.45) is 4.99 Å². The second-order valence-electron chi connectivity index (χ2n) is 8.80. The predicted molar refractivity (Wildman–Crippen MR) is 148 cm³/mol. The Labute approximate surface area is 224 Å². The summed E-state index contributed by atoms with van der Waals surface area (Å²) in [4.78, 5) is 28.4. The number of anilines is 1. The molecule has 2 aliphatic rings. The summed E-state index contributed by atoms with van der Waals surface area (Å²) in [5.74, 6) is -0.133. The van der Waals surface area contributed by atoms with Crippen molar-refractivity contribution in [2.45, 2.75) is 20.1 Å². The molecule has 2 heterocycles. The third-order valence-corrected chi connectivity index (χ3v) is 8.11. The maximum atomic E-state index is 12.4. The van der Waals surface area contributed by atoms with E-state index < -0.39 is 16.1 Å². The molecule has 9 nitrogen and oxygen atoms in total. The first-order valence-electron chi connectivity index (χ1n) is 11.7. The highest BCUT2D eigenvalue weighted by Crippen LogP contribution is 2.30. The lowest BCUT2D eigenvalue weighted by molar-refractivity contribution is -0.118.